The van der Waals surface area contributed by atoms with E-state index >= 15 is 0 Å². The van der Waals surface area contributed by atoms with Crippen LogP contribution in [0.25, 0.3) is 0 Å². The highest BCUT2D eigenvalue weighted by Crippen LogP contribution is 2.19. The average molecular weight is 347 g/mol. The van der Waals surface area contributed by atoms with E-state index < -0.39 is 5.82 Å². The monoisotopic (exact) mass is 347 g/mol. The predicted molar refractivity (Wildman–Crippen MR) is 99.9 cm³/mol. The Morgan fingerprint density at radius 1 is 1.40 bits per heavy atom. The normalized spacial score (nSPS) is 10.6. The first kappa shape index (κ1) is 20.4. The molecule has 25 heavy (non-hydrogen) atoms. The summed E-state index contributed by atoms with van der Waals surface area (Å²) in [5, 5.41) is 9.73. The Hall–Kier alpha value is -2.63. The van der Waals surface area contributed by atoms with Crippen LogP contribution in [0.15, 0.2) is 40.3 Å². The van der Waals surface area contributed by atoms with Crippen LogP contribution in [-0.2, 0) is 6.54 Å². The molecular formula is C19H26FN3O2. The molecule has 1 aromatic carbocycles. The second kappa shape index (κ2) is 9.61. The molecule has 0 aliphatic rings. The fraction of sp³-hybridized carbons (Fsp3) is 0.368. The van der Waals surface area contributed by atoms with Gasteiger partial charge in [-0.1, -0.05) is 33.3 Å². The summed E-state index contributed by atoms with van der Waals surface area (Å²) >= 11 is 0. The summed E-state index contributed by atoms with van der Waals surface area (Å²) in [7, 11) is 0. The Bertz CT molecular complexity index is 801. The van der Waals surface area contributed by atoms with E-state index in [0.29, 0.717) is 22.6 Å². The summed E-state index contributed by atoms with van der Waals surface area (Å²) in [6, 6.07) is 3.63. The van der Waals surface area contributed by atoms with Gasteiger partial charge in [-0.25, -0.2) is 9.18 Å². The Balaban J connectivity index is 0.000000705. The standard InChI is InChI=1S/C15H16FN3O2.C4H10/c1-9(2)17-7-13-10(3)19(15(21)18-13)8-11-6-12(16)4-5-14(11)20;1-3-4-2/h4-7,20H,1,8H2,2-3H3,(H,18,21);3-4H2,1-2H3. The minimum Gasteiger partial charge on any atom is -0.508 e. The maximum atomic E-state index is 13.2. The van der Waals surface area contributed by atoms with E-state index in [1.807, 2.05) is 0 Å². The number of phenols is 1. The Morgan fingerprint density at radius 3 is 2.60 bits per heavy atom. The molecule has 0 aliphatic carbocycles. The van der Waals surface area contributed by atoms with Crippen LogP contribution < -0.4 is 5.69 Å². The summed E-state index contributed by atoms with van der Waals surface area (Å²) < 4.78 is 14.6. The third kappa shape index (κ3) is 6.06. The van der Waals surface area contributed by atoms with Crippen molar-refractivity contribution in [1.29, 1.82) is 0 Å². The third-order valence-electron chi connectivity index (χ3n) is 3.57. The molecule has 0 bridgehead atoms. The highest BCUT2D eigenvalue weighted by atomic mass is 19.1. The largest absolute Gasteiger partial charge is 0.508 e. The maximum Gasteiger partial charge on any atom is 0.326 e. The van der Waals surface area contributed by atoms with E-state index in [4.69, 9.17) is 0 Å². The summed E-state index contributed by atoms with van der Waals surface area (Å²) in [5.41, 5.74) is 1.81. The minimum atomic E-state index is -0.465. The lowest BCUT2D eigenvalue weighted by Gasteiger charge is -2.07. The predicted octanol–water partition coefficient (Wildman–Crippen LogP) is 4.14. The minimum absolute atomic E-state index is 0.0546. The number of aromatic nitrogens is 2. The van der Waals surface area contributed by atoms with Crippen LogP contribution in [0.5, 0.6) is 5.75 Å². The van der Waals surface area contributed by atoms with Crippen molar-refractivity contribution in [1.82, 2.24) is 9.55 Å². The van der Waals surface area contributed by atoms with Crippen LogP contribution in [0.1, 0.15) is 50.6 Å². The van der Waals surface area contributed by atoms with Crippen LogP contribution >= 0.6 is 0 Å². The number of unbranched alkanes of at least 4 members (excludes halogenated alkanes) is 1. The van der Waals surface area contributed by atoms with Crippen molar-refractivity contribution in [3.05, 3.63) is 63.7 Å². The fourth-order valence-electron chi connectivity index (χ4n) is 1.91. The number of hydrogen-bond acceptors (Lipinski definition) is 3. The molecular weight excluding hydrogens is 321 g/mol. The molecule has 2 rings (SSSR count). The molecule has 0 radical (unpaired) electrons. The number of rotatable bonds is 5. The van der Waals surface area contributed by atoms with Crippen LogP contribution in [0, 0.1) is 12.7 Å². The van der Waals surface area contributed by atoms with E-state index in [1.165, 1.54) is 35.8 Å². The second-order valence-electron chi connectivity index (χ2n) is 5.78. The summed E-state index contributed by atoms with van der Waals surface area (Å²) in [4.78, 5) is 18.7. The fourth-order valence-corrected chi connectivity index (χ4v) is 1.91. The summed E-state index contributed by atoms with van der Waals surface area (Å²) in [5.74, 6) is -0.519. The highest BCUT2D eigenvalue weighted by molar-refractivity contribution is 5.79. The van der Waals surface area contributed by atoms with Gasteiger partial charge in [-0.15, -0.1) is 0 Å². The first-order chi connectivity index (χ1) is 11.8. The maximum absolute atomic E-state index is 13.2. The van der Waals surface area contributed by atoms with Gasteiger partial charge in [0.15, 0.2) is 0 Å². The molecule has 0 saturated heterocycles. The number of aromatic hydroxyl groups is 1. The van der Waals surface area contributed by atoms with Gasteiger partial charge in [0.25, 0.3) is 0 Å². The molecule has 0 amide bonds. The van der Waals surface area contributed by atoms with Gasteiger partial charge in [-0.2, -0.15) is 0 Å². The molecule has 2 N–H and O–H groups in total. The zero-order chi connectivity index (χ0) is 19.0. The van der Waals surface area contributed by atoms with E-state index in [1.54, 1.807) is 13.8 Å². The topological polar surface area (TPSA) is 70.4 Å². The van der Waals surface area contributed by atoms with Gasteiger partial charge in [-0.05, 0) is 32.0 Å². The van der Waals surface area contributed by atoms with Crippen molar-refractivity contribution >= 4 is 6.21 Å². The molecule has 2 aromatic rings. The van der Waals surface area contributed by atoms with Gasteiger partial charge < -0.3 is 10.1 Å². The molecule has 136 valence electrons. The molecule has 5 nitrogen and oxygen atoms in total. The molecule has 0 saturated carbocycles. The Morgan fingerprint density at radius 2 is 2.04 bits per heavy atom. The number of imidazole rings is 1. The van der Waals surface area contributed by atoms with E-state index in [9.17, 15) is 14.3 Å². The molecule has 6 heteroatoms. The van der Waals surface area contributed by atoms with Gasteiger partial charge in [0.1, 0.15) is 11.6 Å². The van der Waals surface area contributed by atoms with Crippen molar-refractivity contribution in [3.63, 3.8) is 0 Å². The summed E-state index contributed by atoms with van der Waals surface area (Å²) in [6.07, 6.45) is 4.15. The molecule has 1 heterocycles. The number of hydrogen-bond donors (Lipinski definition) is 2. The van der Waals surface area contributed by atoms with Crippen LogP contribution in [0.2, 0.25) is 0 Å². The third-order valence-corrected chi connectivity index (χ3v) is 3.57. The van der Waals surface area contributed by atoms with Crippen molar-refractivity contribution in [2.75, 3.05) is 0 Å². The first-order valence-corrected chi connectivity index (χ1v) is 8.26. The van der Waals surface area contributed by atoms with Crippen molar-refractivity contribution in [3.8, 4) is 5.75 Å². The molecule has 0 aliphatic heterocycles. The van der Waals surface area contributed by atoms with Gasteiger partial charge in [0, 0.05) is 17.0 Å². The number of nitrogens with one attached hydrogen (secondary N) is 1. The Kier molecular flexibility index (Phi) is 7.85. The quantitative estimate of drug-likeness (QED) is 0.798. The molecule has 0 atom stereocenters. The number of phenolic OH excluding ortho intramolecular Hbond substituents is 1. The van der Waals surface area contributed by atoms with Crippen LogP contribution in [-0.4, -0.2) is 20.9 Å². The average Bonchev–Trinajstić information content (AvgIpc) is 2.84. The zero-order valence-electron chi connectivity index (χ0n) is 15.3. The number of aromatic amines is 1. The number of benzene rings is 1. The lowest BCUT2D eigenvalue weighted by molar-refractivity contribution is 0.462. The van der Waals surface area contributed by atoms with Gasteiger partial charge in [0.05, 0.1) is 18.5 Å². The number of nitrogens with zero attached hydrogens (tertiary/aromatic N) is 2. The summed E-state index contributed by atoms with van der Waals surface area (Å²) in [6.45, 7) is 11.6. The second-order valence-corrected chi connectivity index (χ2v) is 5.78. The van der Waals surface area contributed by atoms with E-state index in [2.05, 4.69) is 30.4 Å². The van der Waals surface area contributed by atoms with Crippen LogP contribution in [0.3, 0.4) is 0 Å². The van der Waals surface area contributed by atoms with Crippen LogP contribution in [0.4, 0.5) is 4.39 Å². The van der Waals surface area contributed by atoms with Gasteiger partial charge >= 0.3 is 5.69 Å². The van der Waals surface area contributed by atoms with Gasteiger partial charge in [-0.3, -0.25) is 9.56 Å². The number of allylic oxidation sites excluding steroid dienone is 1. The highest BCUT2D eigenvalue weighted by Gasteiger charge is 2.11. The SMILES string of the molecule is C=C(C)N=Cc1[nH]c(=O)n(Cc2cc(F)ccc2O)c1C.CCCC. The zero-order valence-corrected chi connectivity index (χ0v) is 15.3. The number of halogens is 1. The van der Waals surface area contributed by atoms with E-state index in [0.717, 1.165) is 6.07 Å². The smallest absolute Gasteiger partial charge is 0.326 e. The first-order valence-electron chi connectivity index (χ1n) is 8.26. The van der Waals surface area contributed by atoms with E-state index in [-0.39, 0.29) is 18.0 Å². The van der Waals surface area contributed by atoms with Gasteiger partial charge in [0.2, 0.25) is 0 Å². The van der Waals surface area contributed by atoms with Crippen molar-refractivity contribution < 1.29 is 9.50 Å². The Labute approximate surface area is 147 Å². The van der Waals surface area contributed by atoms with Crippen molar-refractivity contribution in [2.45, 2.75) is 47.1 Å². The number of aliphatic imine (C=N–C) groups is 1. The lowest BCUT2D eigenvalue weighted by atomic mass is 10.2. The molecule has 0 spiro atoms. The molecule has 1 aromatic heterocycles. The lowest BCUT2D eigenvalue weighted by Crippen LogP contribution is -2.18. The molecule has 0 unspecified atom stereocenters. The number of H-pyrrole nitrogens is 1. The van der Waals surface area contributed by atoms with Crippen molar-refractivity contribution in [2.24, 2.45) is 4.99 Å². The molecule has 0 fully saturated rings.